The normalized spacial score (nSPS) is 23.8. The summed E-state index contributed by atoms with van der Waals surface area (Å²) in [6.07, 6.45) is 3.52. The summed E-state index contributed by atoms with van der Waals surface area (Å²) in [5, 5.41) is 4.66. The van der Waals surface area contributed by atoms with E-state index in [4.69, 9.17) is 0 Å². The van der Waals surface area contributed by atoms with Crippen molar-refractivity contribution in [1.82, 2.24) is 19.8 Å². The number of hydrogen-bond donors (Lipinski definition) is 1. The lowest BCUT2D eigenvalue weighted by molar-refractivity contribution is -0.134. The molecule has 0 saturated carbocycles. The van der Waals surface area contributed by atoms with Crippen molar-refractivity contribution < 1.29 is 9.59 Å². The lowest BCUT2D eigenvalue weighted by Gasteiger charge is -2.27. The summed E-state index contributed by atoms with van der Waals surface area (Å²) < 4.78 is 1.93. The minimum Gasteiger partial charge on any atom is -0.354 e. The molecule has 2 fully saturated rings. The highest BCUT2D eigenvalue weighted by Gasteiger charge is 2.40. The molecule has 2 saturated heterocycles. The molecule has 120 valence electrons. The number of fused-ring (bicyclic) bond motifs is 3. The fourth-order valence-electron chi connectivity index (χ4n) is 3.51. The van der Waals surface area contributed by atoms with Crippen LogP contribution in [0, 0.1) is 0 Å². The van der Waals surface area contributed by atoms with Gasteiger partial charge in [-0.2, -0.15) is 0 Å². The van der Waals surface area contributed by atoms with E-state index in [2.05, 4.69) is 10.3 Å². The highest BCUT2D eigenvalue weighted by Crippen LogP contribution is 2.28. The van der Waals surface area contributed by atoms with Crippen LogP contribution in [0.25, 0.3) is 10.2 Å². The number of aromatic nitrogens is 2. The van der Waals surface area contributed by atoms with Crippen molar-refractivity contribution in [2.75, 3.05) is 6.54 Å². The SMILES string of the molecule is O=C1C[C@H]2CC[C@@H](CN1)N2C(=O)Cn1cnc2ccsc2c1=O. The summed E-state index contributed by atoms with van der Waals surface area (Å²) in [7, 11) is 0. The molecule has 4 rings (SSSR count). The van der Waals surface area contributed by atoms with Gasteiger partial charge in [-0.05, 0) is 24.3 Å². The molecule has 2 bridgehead atoms. The Morgan fingerprint density at radius 3 is 3.04 bits per heavy atom. The average molecular weight is 332 g/mol. The molecule has 0 radical (unpaired) electrons. The Bertz CT molecular complexity index is 843. The minimum atomic E-state index is -0.185. The number of nitrogens with one attached hydrogen (secondary N) is 1. The van der Waals surface area contributed by atoms with E-state index < -0.39 is 0 Å². The molecule has 2 aromatic heterocycles. The van der Waals surface area contributed by atoms with Gasteiger partial charge < -0.3 is 10.2 Å². The van der Waals surface area contributed by atoms with Gasteiger partial charge in [0.05, 0.1) is 11.8 Å². The second kappa shape index (κ2) is 5.45. The van der Waals surface area contributed by atoms with Crippen molar-refractivity contribution in [3.05, 3.63) is 28.1 Å². The Hall–Kier alpha value is -2.22. The van der Waals surface area contributed by atoms with Gasteiger partial charge in [0, 0.05) is 25.0 Å². The summed E-state index contributed by atoms with van der Waals surface area (Å²) in [6, 6.07) is 1.78. The Morgan fingerprint density at radius 1 is 1.35 bits per heavy atom. The van der Waals surface area contributed by atoms with Crippen LogP contribution in [0.15, 0.2) is 22.6 Å². The molecular formula is C15H16N4O3S. The van der Waals surface area contributed by atoms with E-state index in [0.717, 1.165) is 12.8 Å². The van der Waals surface area contributed by atoms with Crippen molar-refractivity contribution in [3.8, 4) is 0 Å². The molecule has 2 amide bonds. The molecule has 1 N–H and O–H groups in total. The predicted molar refractivity (Wildman–Crippen MR) is 85.2 cm³/mol. The molecule has 23 heavy (non-hydrogen) atoms. The summed E-state index contributed by atoms with van der Waals surface area (Å²) in [5.41, 5.74) is 0.475. The average Bonchev–Trinajstić information content (AvgIpc) is 3.10. The Morgan fingerprint density at radius 2 is 2.17 bits per heavy atom. The lowest BCUT2D eigenvalue weighted by atomic mass is 10.1. The topological polar surface area (TPSA) is 84.3 Å². The second-order valence-electron chi connectivity index (χ2n) is 6.01. The minimum absolute atomic E-state index is 0.00570. The van der Waals surface area contributed by atoms with Crippen molar-refractivity contribution in [2.45, 2.75) is 37.9 Å². The largest absolute Gasteiger partial charge is 0.354 e. The molecule has 2 aromatic rings. The maximum Gasteiger partial charge on any atom is 0.271 e. The van der Waals surface area contributed by atoms with E-state index in [-0.39, 0.29) is 36.0 Å². The first kappa shape index (κ1) is 14.4. The third kappa shape index (κ3) is 2.42. The van der Waals surface area contributed by atoms with E-state index in [1.54, 1.807) is 11.0 Å². The number of carbonyl (C=O) groups excluding carboxylic acids is 2. The van der Waals surface area contributed by atoms with Gasteiger partial charge in [-0.1, -0.05) is 0 Å². The quantitative estimate of drug-likeness (QED) is 0.859. The number of nitrogens with zero attached hydrogens (tertiary/aromatic N) is 3. The van der Waals surface area contributed by atoms with Crippen LogP contribution in [0.3, 0.4) is 0 Å². The van der Waals surface area contributed by atoms with E-state index >= 15 is 0 Å². The van der Waals surface area contributed by atoms with Crippen LogP contribution < -0.4 is 10.9 Å². The molecule has 8 heteroatoms. The fraction of sp³-hybridized carbons (Fsp3) is 0.467. The van der Waals surface area contributed by atoms with Crippen molar-refractivity contribution in [3.63, 3.8) is 0 Å². The van der Waals surface area contributed by atoms with Crippen LogP contribution in [0.4, 0.5) is 0 Å². The first-order valence-electron chi connectivity index (χ1n) is 7.64. The predicted octanol–water partition coefficient (Wildman–Crippen LogP) is 0.338. The van der Waals surface area contributed by atoms with Gasteiger partial charge in [-0.25, -0.2) is 4.98 Å². The van der Waals surface area contributed by atoms with Gasteiger partial charge in [-0.15, -0.1) is 11.3 Å². The summed E-state index contributed by atoms with van der Waals surface area (Å²) in [5.74, 6) is -0.123. The van der Waals surface area contributed by atoms with Gasteiger partial charge in [0.1, 0.15) is 11.2 Å². The molecule has 4 heterocycles. The van der Waals surface area contributed by atoms with Crippen molar-refractivity contribution >= 4 is 33.4 Å². The smallest absolute Gasteiger partial charge is 0.271 e. The molecule has 7 nitrogen and oxygen atoms in total. The molecule has 0 spiro atoms. The van der Waals surface area contributed by atoms with E-state index in [1.165, 1.54) is 22.2 Å². The number of thiophene rings is 1. The number of rotatable bonds is 2. The number of amides is 2. The highest BCUT2D eigenvalue weighted by molar-refractivity contribution is 7.17. The first-order valence-corrected chi connectivity index (χ1v) is 8.52. The Labute approximate surface area is 135 Å². The van der Waals surface area contributed by atoms with Gasteiger partial charge in [-0.3, -0.25) is 19.0 Å². The Kier molecular flexibility index (Phi) is 3.41. The van der Waals surface area contributed by atoms with Gasteiger partial charge in [0.25, 0.3) is 5.56 Å². The molecule has 2 atom stereocenters. The molecule has 2 aliphatic heterocycles. The van der Waals surface area contributed by atoms with Gasteiger partial charge in [0.2, 0.25) is 11.8 Å². The highest BCUT2D eigenvalue weighted by atomic mass is 32.1. The van der Waals surface area contributed by atoms with Crippen LogP contribution >= 0.6 is 11.3 Å². The molecular weight excluding hydrogens is 316 g/mol. The van der Waals surface area contributed by atoms with Crippen LogP contribution in [0.1, 0.15) is 19.3 Å². The third-order valence-corrected chi connectivity index (χ3v) is 5.50. The molecule has 0 aromatic carbocycles. The zero-order valence-corrected chi connectivity index (χ0v) is 13.2. The fourth-order valence-corrected chi connectivity index (χ4v) is 4.30. The van der Waals surface area contributed by atoms with E-state index in [1.807, 2.05) is 5.38 Å². The maximum atomic E-state index is 12.7. The molecule has 0 aliphatic carbocycles. The zero-order valence-electron chi connectivity index (χ0n) is 12.4. The third-order valence-electron chi connectivity index (χ3n) is 4.61. The lowest BCUT2D eigenvalue weighted by Crippen LogP contribution is -2.45. The Balaban J connectivity index is 1.60. The van der Waals surface area contributed by atoms with E-state index in [9.17, 15) is 14.4 Å². The van der Waals surface area contributed by atoms with E-state index in [0.29, 0.717) is 23.2 Å². The van der Waals surface area contributed by atoms with Gasteiger partial charge in [0.15, 0.2) is 0 Å². The standard InChI is InChI=1S/C15H16N4O3S/c20-12-5-9-1-2-10(6-16-12)19(9)13(21)7-18-8-17-11-3-4-23-14(11)15(18)22/h3-4,8-10H,1-2,5-7H2,(H,16,20)/t9-,10+/m1/s1. The van der Waals surface area contributed by atoms with Crippen LogP contribution in [-0.2, 0) is 16.1 Å². The molecule has 2 aliphatic rings. The first-order chi connectivity index (χ1) is 11.1. The summed E-state index contributed by atoms with van der Waals surface area (Å²) in [4.78, 5) is 42.8. The number of carbonyl (C=O) groups is 2. The second-order valence-corrected chi connectivity index (χ2v) is 6.92. The van der Waals surface area contributed by atoms with Crippen molar-refractivity contribution in [1.29, 1.82) is 0 Å². The monoisotopic (exact) mass is 332 g/mol. The maximum absolute atomic E-state index is 12.7. The van der Waals surface area contributed by atoms with Crippen molar-refractivity contribution in [2.24, 2.45) is 0 Å². The summed E-state index contributed by atoms with van der Waals surface area (Å²) in [6.45, 7) is 0.471. The molecule has 0 unspecified atom stereocenters. The zero-order chi connectivity index (χ0) is 16.0. The van der Waals surface area contributed by atoms with Crippen LogP contribution in [-0.4, -0.2) is 44.9 Å². The van der Waals surface area contributed by atoms with Crippen LogP contribution in [0.5, 0.6) is 0 Å². The van der Waals surface area contributed by atoms with Crippen LogP contribution in [0.2, 0.25) is 0 Å². The van der Waals surface area contributed by atoms with Gasteiger partial charge >= 0.3 is 0 Å². The summed E-state index contributed by atoms with van der Waals surface area (Å²) >= 11 is 1.33. The number of hydrogen-bond acceptors (Lipinski definition) is 5.